The molecule has 8 nitrogen and oxygen atoms in total. The molecule has 0 saturated carbocycles. The van der Waals surface area contributed by atoms with E-state index in [1.807, 2.05) is 0 Å². The molecular formula is C9H13ClN4O4. The second-order valence-corrected chi connectivity index (χ2v) is 3.86. The van der Waals surface area contributed by atoms with Crippen LogP contribution in [0.3, 0.4) is 0 Å². The molecule has 1 atom stereocenters. The molecule has 1 aromatic rings. The quantitative estimate of drug-likeness (QED) is 0.448. The summed E-state index contributed by atoms with van der Waals surface area (Å²) in [5.74, 6) is -0.0207. The van der Waals surface area contributed by atoms with Crippen molar-refractivity contribution in [2.75, 3.05) is 25.6 Å². The summed E-state index contributed by atoms with van der Waals surface area (Å²) in [5, 5.41) is 22.9. The molecule has 1 unspecified atom stereocenters. The lowest BCUT2D eigenvalue weighted by Crippen LogP contribution is -2.25. The van der Waals surface area contributed by atoms with Gasteiger partial charge in [0, 0.05) is 13.7 Å². The number of nitrogens with zero attached hydrogens (tertiary/aromatic N) is 3. The van der Waals surface area contributed by atoms with Crippen molar-refractivity contribution in [1.29, 1.82) is 0 Å². The summed E-state index contributed by atoms with van der Waals surface area (Å²) < 4.78 is 4.73. The highest BCUT2D eigenvalue weighted by Gasteiger charge is 2.22. The van der Waals surface area contributed by atoms with Gasteiger partial charge in [-0.2, -0.15) is 4.98 Å². The zero-order valence-electron chi connectivity index (χ0n) is 9.88. The molecule has 0 fully saturated rings. The van der Waals surface area contributed by atoms with Crippen molar-refractivity contribution >= 4 is 23.1 Å². The number of nitrogens with one attached hydrogen (secondary N) is 1. The van der Waals surface area contributed by atoms with Crippen LogP contribution in [0.2, 0.25) is 5.28 Å². The van der Waals surface area contributed by atoms with Crippen LogP contribution in [0.1, 0.15) is 5.69 Å². The fourth-order valence-electron chi connectivity index (χ4n) is 1.34. The lowest BCUT2D eigenvalue weighted by atomic mass is 10.3. The largest absolute Gasteiger partial charge is 0.389 e. The van der Waals surface area contributed by atoms with Gasteiger partial charge in [0.25, 0.3) is 0 Å². The topological polar surface area (TPSA) is 110 Å². The number of aromatic nitrogens is 2. The number of methoxy groups -OCH3 is 1. The summed E-state index contributed by atoms with van der Waals surface area (Å²) in [4.78, 5) is 17.7. The first kappa shape index (κ1) is 14.6. The molecule has 1 rings (SSSR count). The summed E-state index contributed by atoms with van der Waals surface area (Å²) in [7, 11) is 1.44. The SMILES string of the molecule is COCC(O)CNc1nc(Cl)nc(C)c1[N+](=O)[O-]. The second-order valence-electron chi connectivity index (χ2n) is 3.52. The number of aryl methyl sites for hydroxylation is 1. The molecule has 2 N–H and O–H groups in total. The van der Waals surface area contributed by atoms with Gasteiger partial charge in [-0.1, -0.05) is 0 Å². The number of ether oxygens (including phenoxy) is 1. The van der Waals surface area contributed by atoms with Crippen LogP contribution in [-0.2, 0) is 4.74 Å². The van der Waals surface area contributed by atoms with Gasteiger partial charge in [0.1, 0.15) is 5.69 Å². The molecule has 0 aliphatic carbocycles. The van der Waals surface area contributed by atoms with Crippen LogP contribution in [0, 0.1) is 17.0 Å². The lowest BCUT2D eigenvalue weighted by molar-refractivity contribution is -0.385. The van der Waals surface area contributed by atoms with Gasteiger partial charge in [-0.25, -0.2) is 4.98 Å². The van der Waals surface area contributed by atoms with Crippen LogP contribution >= 0.6 is 11.6 Å². The number of rotatable bonds is 6. The Bertz CT molecular complexity index is 443. The van der Waals surface area contributed by atoms with Crippen LogP contribution in [0.25, 0.3) is 0 Å². The van der Waals surface area contributed by atoms with Gasteiger partial charge in [0.15, 0.2) is 0 Å². The Morgan fingerprint density at radius 3 is 2.83 bits per heavy atom. The Labute approximate surface area is 108 Å². The van der Waals surface area contributed by atoms with Crippen LogP contribution in [-0.4, -0.2) is 46.4 Å². The lowest BCUT2D eigenvalue weighted by Gasteiger charge is -2.11. The van der Waals surface area contributed by atoms with Crippen molar-refractivity contribution in [1.82, 2.24) is 9.97 Å². The van der Waals surface area contributed by atoms with Crippen LogP contribution in [0.4, 0.5) is 11.5 Å². The molecule has 100 valence electrons. The molecule has 0 aliphatic heterocycles. The minimum atomic E-state index is -0.802. The van der Waals surface area contributed by atoms with Crippen molar-refractivity contribution in [3.05, 3.63) is 21.1 Å². The van der Waals surface area contributed by atoms with E-state index in [4.69, 9.17) is 16.3 Å². The zero-order valence-corrected chi connectivity index (χ0v) is 10.6. The van der Waals surface area contributed by atoms with E-state index >= 15 is 0 Å². The molecule has 0 amide bonds. The molecule has 9 heteroatoms. The van der Waals surface area contributed by atoms with Crippen molar-refractivity contribution in [3.8, 4) is 0 Å². The number of hydrogen-bond donors (Lipinski definition) is 2. The van der Waals surface area contributed by atoms with Crippen molar-refractivity contribution in [2.45, 2.75) is 13.0 Å². The Kier molecular flexibility index (Phi) is 5.20. The average Bonchev–Trinajstić information content (AvgIpc) is 2.25. The maximum absolute atomic E-state index is 10.9. The minimum Gasteiger partial charge on any atom is -0.389 e. The fraction of sp³-hybridized carbons (Fsp3) is 0.556. The summed E-state index contributed by atoms with van der Waals surface area (Å²) >= 11 is 5.63. The Balaban J connectivity index is 2.90. The highest BCUT2D eigenvalue weighted by Crippen LogP contribution is 2.26. The van der Waals surface area contributed by atoms with Gasteiger partial charge < -0.3 is 15.2 Å². The van der Waals surface area contributed by atoms with Crippen LogP contribution < -0.4 is 5.32 Å². The first-order valence-corrected chi connectivity index (χ1v) is 5.43. The van der Waals surface area contributed by atoms with E-state index < -0.39 is 11.0 Å². The third kappa shape index (κ3) is 3.76. The number of hydrogen-bond acceptors (Lipinski definition) is 7. The average molecular weight is 277 g/mol. The molecule has 0 aromatic carbocycles. The predicted octanol–water partition coefficient (Wildman–Crippen LogP) is 0.766. The van der Waals surface area contributed by atoms with Gasteiger partial charge in [-0.3, -0.25) is 10.1 Å². The zero-order chi connectivity index (χ0) is 13.7. The molecule has 0 spiro atoms. The Morgan fingerprint density at radius 1 is 1.61 bits per heavy atom. The monoisotopic (exact) mass is 276 g/mol. The molecule has 0 aliphatic rings. The molecular weight excluding hydrogens is 264 g/mol. The molecule has 18 heavy (non-hydrogen) atoms. The first-order valence-electron chi connectivity index (χ1n) is 5.05. The smallest absolute Gasteiger partial charge is 0.332 e. The summed E-state index contributed by atoms with van der Waals surface area (Å²) in [6.45, 7) is 1.63. The number of aliphatic hydroxyl groups is 1. The van der Waals surface area contributed by atoms with E-state index in [1.54, 1.807) is 0 Å². The third-order valence-electron chi connectivity index (χ3n) is 2.08. The second kappa shape index (κ2) is 6.43. The van der Waals surface area contributed by atoms with E-state index in [2.05, 4.69) is 15.3 Å². The minimum absolute atomic E-state index is 0.0207. The number of halogens is 1. The molecule has 1 aromatic heterocycles. The third-order valence-corrected chi connectivity index (χ3v) is 2.25. The van der Waals surface area contributed by atoms with Gasteiger partial charge in [0.2, 0.25) is 11.1 Å². The molecule has 0 radical (unpaired) electrons. The Morgan fingerprint density at radius 2 is 2.28 bits per heavy atom. The van der Waals surface area contributed by atoms with Gasteiger partial charge in [0.05, 0.1) is 17.6 Å². The normalized spacial score (nSPS) is 12.2. The Hall–Kier alpha value is -1.51. The summed E-state index contributed by atoms with van der Waals surface area (Å²) in [6, 6.07) is 0. The highest BCUT2D eigenvalue weighted by atomic mass is 35.5. The summed E-state index contributed by atoms with van der Waals surface area (Å²) in [6.07, 6.45) is -0.802. The fourth-order valence-corrected chi connectivity index (χ4v) is 1.55. The molecule has 0 saturated heterocycles. The number of aliphatic hydroxyl groups excluding tert-OH is 1. The first-order chi connectivity index (χ1) is 8.45. The van der Waals surface area contributed by atoms with Crippen molar-refractivity contribution in [3.63, 3.8) is 0 Å². The van der Waals surface area contributed by atoms with E-state index in [9.17, 15) is 15.2 Å². The van der Waals surface area contributed by atoms with E-state index in [0.29, 0.717) is 0 Å². The van der Waals surface area contributed by atoms with Crippen LogP contribution in [0.5, 0.6) is 0 Å². The van der Waals surface area contributed by atoms with Gasteiger partial charge in [-0.15, -0.1) is 0 Å². The summed E-state index contributed by atoms with van der Waals surface area (Å²) in [5.41, 5.74) is -0.104. The van der Waals surface area contributed by atoms with Crippen molar-refractivity contribution < 1.29 is 14.8 Å². The highest BCUT2D eigenvalue weighted by molar-refractivity contribution is 6.28. The van der Waals surface area contributed by atoms with Crippen LogP contribution in [0.15, 0.2) is 0 Å². The van der Waals surface area contributed by atoms with Crippen molar-refractivity contribution in [2.24, 2.45) is 0 Å². The van der Waals surface area contributed by atoms with E-state index in [1.165, 1.54) is 14.0 Å². The van der Waals surface area contributed by atoms with Gasteiger partial charge in [-0.05, 0) is 18.5 Å². The number of nitro groups is 1. The molecule has 0 bridgehead atoms. The van der Waals surface area contributed by atoms with Gasteiger partial charge >= 0.3 is 5.69 Å². The maximum atomic E-state index is 10.9. The number of anilines is 1. The maximum Gasteiger partial charge on any atom is 0.332 e. The predicted molar refractivity (Wildman–Crippen MR) is 64.8 cm³/mol. The molecule has 1 heterocycles. The van der Waals surface area contributed by atoms with E-state index in [0.717, 1.165) is 0 Å². The van der Waals surface area contributed by atoms with E-state index in [-0.39, 0.29) is 35.6 Å². The standard InChI is InChI=1S/C9H13ClN4O4/c1-5-7(14(16)17)8(13-9(10)12-5)11-3-6(15)4-18-2/h6,15H,3-4H2,1-2H3,(H,11,12,13).